The van der Waals surface area contributed by atoms with E-state index in [2.05, 4.69) is 24.5 Å². The van der Waals surface area contributed by atoms with E-state index in [4.69, 9.17) is 4.74 Å². The van der Waals surface area contributed by atoms with E-state index in [1.807, 2.05) is 0 Å². The second-order valence-electron chi connectivity index (χ2n) is 4.49. The van der Waals surface area contributed by atoms with E-state index in [0.717, 1.165) is 24.2 Å². The molecule has 0 bridgehead atoms. The third kappa shape index (κ3) is 4.20. The minimum atomic E-state index is 0.720. The lowest BCUT2D eigenvalue weighted by atomic mass is 9.97. The number of rotatable bonds is 5. The van der Waals surface area contributed by atoms with Crippen LogP contribution >= 0.6 is 12.6 Å². The Kier molecular flexibility index (Phi) is 5.90. The van der Waals surface area contributed by atoms with E-state index >= 15 is 0 Å². The predicted octanol–water partition coefficient (Wildman–Crippen LogP) is 1.91. The van der Waals surface area contributed by atoms with Gasteiger partial charge in [-0.05, 0) is 43.5 Å². The Morgan fingerprint density at radius 1 is 1.43 bits per heavy atom. The van der Waals surface area contributed by atoms with E-state index in [1.54, 1.807) is 7.11 Å². The highest BCUT2D eigenvalue weighted by Crippen LogP contribution is 2.18. The average Bonchev–Trinajstić information content (AvgIpc) is 2.21. The van der Waals surface area contributed by atoms with Crippen LogP contribution in [0.15, 0.2) is 0 Å². The molecule has 0 radical (unpaired) electrons. The molecule has 0 spiro atoms. The summed E-state index contributed by atoms with van der Waals surface area (Å²) in [7, 11) is 1.80. The zero-order chi connectivity index (χ0) is 10.4. The molecular formula is C11H23NOS. The quantitative estimate of drug-likeness (QED) is 0.706. The fourth-order valence-electron chi connectivity index (χ4n) is 2.07. The van der Waals surface area contributed by atoms with Crippen molar-refractivity contribution in [1.29, 1.82) is 0 Å². The number of hydrogen-bond donors (Lipinski definition) is 1. The average molecular weight is 217 g/mol. The van der Waals surface area contributed by atoms with Gasteiger partial charge >= 0.3 is 0 Å². The Labute approximate surface area is 93.4 Å². The van der Waals surface area contributed by atoms with E-state index in [-0.39, 0.29) is 0 Å². The summed E-state index contributed by atoms with van der Waals surface area (Å²) in [6, 6.07) is 0. The van der Waals surface area contributed by atoms with Crippen molar-refractivity contribution in [1.82, 2.24) is 4.90 Å². The van der Waals surface area contributed by atoms with Crippen molar-refractivity contribution in [3.63, 3.8) is 0 Å². The first-order chi connectivity index (χ1) is 6.76. The maximum atomic E-state index is 5.19. The fraction of sp³-hybridized carbons (Fsp3) is 1.00. The minimum Gasteiger partial charge on any atom is -0.384 e. The summed E-state index contributed by atoms with van der Waals surface area (Å²) in [5.41, 5.74) is 0. The lowest BCUT2D eigenvalue weighted by Gasteiger charge is -2.32. The number of nitrogens with zero attached hydrogens (tertiary/aromatic N) is 1. The molecule has 0 aromatic heterocycles. The zero-order valence-electron chi connectivity index (χ0n) is 9.41. The van der Waals surface area contributed by atoms with Crippen LogP contribution in [0.1, 0.15) is 19.8 Å². The number of thiol groups is 1. The van der Waals surface area contributed by atoms with E-state index < -0.39 is 0 Å². The molecule has 2 nitrogen and oxygen atoms in total. The summed E-state index contributed by atoms with van der Waals surface area (Å²) < 4.78 is 5.19. The van der Waals surface area contributed by atoms with Crippen molar-refractivity contribution < 1.29 is 4.74 Å². The lowest BCUT2D eigenvalue weighted by Crippen LogP contribution is -2.37. The highest BCUT2D eigenvalue weighted by atomic mass is 32.1. The van der Waals surface area contributed by atoms with Crippen LogP contribution in [0.4, 0.5) is 0 Å². The Morgan fingerprint density at radius 3 is 2.57 bits per heavy atom. The van der Waals surface area contributed by atoms with Gasteiger partial charge in [0, 0.05) is 20.3 Å². The van der Waals surface area contributed by atoms with Crippen LogP contribution in [0, 0.1) is 11.8 Å². The van der Waals surface area contributed by atoms with Crippen LogP contribution < -0.4 is 0 Å². The van der Waals surface area contributed by atoms with E-state index in [9.17, 15) is 0 Å². The summed E-state index contributed by atoms with van der Waals surface area (Å²) in [5.74, 6) is 2.51. The van der Waals surface area contributed by atoms with Gasteiger partial charge in [0.15, 0.2) is 0 Å². The van der Waals surface area contributed by atoms with Crippen LogP contribution in [0.3, 0.4) is 0 Å². The molecule has 0 N–H and O–H groups in total. The SMILES string of the molecule is COCC1CCN(CC(C)CS)CC1. The number of hydrogen-bond acceptors (Lipinski definition) is 3. The Balaban J connectivity index is 2.15. The molecule has 1 rings (SSSR count). The molecule has 0 aromatic rings. The van der Waals surface area contributed by atoms with Gasteiger partial charge in [-0.1, -0.05) is 6.92 Å². The number of methoxy groups -OCH3 is 1. The van der Waals surface area contributed by atoms with Crippen molar-refractivity contribution in [2.24, 2.45) is 11.8 Å². The summed E-state index contributed by atoms with van der Waals surface area (Å²) >= 11 is 4.32. The van der Waals surface area contributed by atoms with Crippen LogP contribution in [-0.4, -0.2) is 44.0 Å². The molecule has 0 saturated carbocycles. The molecule has 3 heteroatoms. The Hall–Kier alpha value is 0.270. The fourth-order valence-corrected chi connectivity index (χ4v) is 2.19. The number of piperidine rings is 1. The molecule has 84 valence electrons. The predicted molar refractivity (Wildman–Crippen MR) is 64.1 cm³/mol. The van der Waals surface area contributed by atoms with Crippen molar-refractivity contribution in [2.45, 2.75) is 19.8 Å². The Bertz CT molecular complexity index is 146. The summed E-state index contributed by atoms with van der Waals surface area (Å²) in [4.78, 5) is 2.56. The van der Waals surface area contributed by atoms with E-state index in [1.165, 1.54) is 32.5 Å². The maximum Gasteiger partial charge on any atom is 0.0491 e. The third-order valence-electron chi connectivity index (χ3n) is 2.99. The maximum absolute atomic E-state index is 5.19. The summed E-state index contributed by atoms with van der Waals surface area (Å²) in [6.45, 7) is 6.91. The van der Waals surface area contributed by atoms with Crippen LogP contribution in [-0.2, 0) is 4.74 Å². The van der Waals surface area contributed by atoms with Gasteiger partial charge in [0.2, 0.25) is 0 Å². The highest BCUT2D eigenvalue weighted by molar-refractivity contribution is 7.80. The molecule has 0 aromatic carbocycles. The number of ether oxygens (including phenoxy) is 1. The molecule has 1 aliphatic heterocycles. The summed E-state index contributed by atoms with van der Waals surface area (Å²) in [5, 5.41) is 0. The summed E-state index contributed by atoms with van der Waals surface area (Å²) in [6.07, 6.45) is 2.60. The topological polar surface area (TPSA) is 12.5 Å². The van der Waals surface area contributed by atoms with Gasteiger partial charge in [-0.25, -0.2) is 0 Å². The standard InChI is InChI=1S/C11H23NOS/c1-10(9-14)7-12-5-3-11(4-6-12)8-13-2/h10-11,14H,3-9H2,1-2H3. The lowest BCUT2D eigenvalue weighted by molar-refractivity contribution is 0.0951. The van der Waals surface area contributed by atoms with Gasteiger partial charge < -0.3 is 9.64 Å². The molecule has 0 amide bonds. The molecule has 1 aliphatic rings. The highest BCUT2D eigenvalue weighted by Gasteiger charge is 2.19. The normalized spacial score (nSPS) is 22.5. The van der Waals surface area contributed by atoms with Crippen LogP contribution in [0.2, 0.25) is 0 Å². The van der Waals surface area contributed by atoms with Crippen molar-refractivity contribution in [3.05, 3.63) is 0 Å². The first kappa shape index (κ1) is 12.3. The third-order valence-corrected chi connectivity index (χ3v) is 3.61. The van der Waals surface area contributed by atoms with Gasteiger partial charge in [0.05, 0.1) is 0 Å². The molecule has 1 atom stereocenters. The molecule has 1 unspecified atom stereocenters. The van der Waals surface area contributed by atoms with Crippen LogP contribution in [0.25, 0.3) is 0 Å². The van der Waals surface area contributed by atoms with Crippen molar-refractivity contribution in [2.75, 3.05) is 39.1 Å². The molecule has 14 heavy (non-hydrogen) atoms. The molecule has 0 aliphatic carbocycles. The van der Waals surface area contributed by atoms with Gasteiger partial charge in [0.1, 0.15) is 0 Å². The van der Waals surface area contributed by atoms with Gasteiger partial charge in [-0.3, -0.25) is 0 Å². The van der Waals surface area contributed by atoms with Crippen molar-refractivity contribution >= 4 is 12.6 Å². The zero-order valence-corrected chi connectivity index (χ0v) is 10.3. The second kappa shape index (κ2) is 6.70. The molecule has 1 fully saturated rings. The molecule has 1 heterocycles. The minimum absolute atomic E-state index is 0.720. The molecule has 1 saturated heterocycles. The monoisotopic (exact) mass is 217 g/mol. The van der Waals surface area contributed by atoms with Gasteiger partial charge in [-0.15, -0.1) is 0 Å². The van der Waals surface area contributed by atoms with Gasteiger partial charge in [-0.2, -0.15) is 12.6 Å². The molecular weight excluding hydrogens is 194 g/mol. The largest absolute Gasteiger partial charge is 0.384 e. The first-order valence-corrected chi connectivity index (χ1v) is 6.21. The smallest absolute Gasteiger partial charge is 0.0491 e. The Morgan fingerprint density at radius 2 is 2.07 bits per heavy atom. The first-order valence-electron chi connectivity index (χ1n) is 5.58. The van der Waals surface area contributed by atoms with Gasteiger partial charge in [0.25, 0.3) is 0 Å². The van der Waals surface area contributed by atoms with Crippen LogP contribution in [0.5, 0.6) is 0 Å². The second-order valence-corrected chi connectivity index (χ2v) is 4.85. The van der Waals surface area contributed by atoms with E-state index in [0.29, 0.717) is 0 Å². The van der Waals surface area contributed by atoms with Crippen molar-refractivity contribution in [3.8, 4) is 0 Å². The number of likely N-dealkylation sites (tertiary alicyclic amines) is 1.